The number of thioether (sulfide) groups is 1. The van der Waals surface area contributed by atoms with Crippen molar-refractivity contribution in [2.75, 3.05) is 18.3 Å². The molecule has 5 nitrogen and oxygen atoms in total. The molecule has 1 aliphatic rings. The maximum Gasteiger partial charge on any atom is 0.329 e. The molecule has 0 fully saturated rings. The predicted molar refractivity (Wildman–Crippen MR) is 88.8 cm³/mol. The number of carbonyl (C=O) groups excluding carboxylic acids is 2. The van der Waals surface area contributed by atoms with Crippen LogP contribution < -0.4 is 4.90 Å². The van der Waals surface area contributed by atoms with Gasteiger partial charge in [0.1, 0.15) is 6.04 Å². The van der Waals surface area contributed by atoms with Crippen molar-refractivity contribution >= 4 is 29.3 Å². The summed E-state index contributed by atoms with van der Waals surface area (Å²) in [6.45, 7) is 0. The van der Waals surface area contributed by atoms with Crippen molar-refractivity contribution in [2.24, 2.45) is 0 Å². The first-order valence-corrected chi connectivity index (χ1v) is 8.37. The second-order valence-electron chi connectivity index (χ2n) is 5.13. The SMILES string of the molecule is COC(=O)[C@H]1Cc2ccccc2N1C(=O)c1ccnc(SC)c1. The summed E-state index contributed by atoms with van der Waals surface area (Å²) < 4.78 is 4.88. The maximum atomic E-state index is 13.0. The number of hydrogen-bond acceptors (Lipinski definition) is 5. The van der Waals surface area contributed by atoms with Crippen LogP contribution in [-0.2, 0) is 16.0 Å². The lowest BCUT2D eigenvalue weighted by atomic mass is 10.1. The van der Waals surface area contributed by atoms with Crippen LogP contribution in [0.4, 0.5) is 5.69 Å². The summed E-state index contributed by atoms with van der Waals surface area (Å²) in [6.07, 6.45) is 3.97. The van der Waals surface area contributed by atoms with E-state index in [9.17, 15) is 9.59 Å². The number of hydrogen-bond donors (Lipinski definition) is 0. The molecule has 1 aromatic carbocycles. The largest absolute Gasteiger partial charge is 0.467 e. The van der Waals surface area contributed by atoms with E-state index in [-0.39, 0.29) is 5.91 Å². The Morgan fingerprint density at radius 1 is 1.30 bits per heavy atom. The van der Waals surface area contributed by atoms with Crippen molar-refractivity contribution in [1.82, 2.24) is 4.98 Å². The first kappa shape index (κ1) is 15.6. The summed E-state index contributed by atoms with van der Waals surface area (Å²) in [4.78, 5) is 30.8. The highest BCUT2D eigenvalue weighted by Gasteiger charge is 2.39. The molecule has 0 spiro atoms. The minimum absolute atomic E-state index is 0.219. The van der Waals surface area contributed by atoms with Gasteiger partial charge in [0.15, 0.2) is 0 Å². The summed E-state index contributed by atoms with van der Waals surface area (Å²) >= 11 is 1.47. The van der Waals surface area contributed by atoms with E-state index >= 15 is 0 Å². The fraction of sp³-hybridized carbons (Fsp3) is 0.235. The summed E-state index contributed by atoms with van der Waals surface area (Å²) in [5.41, 5.74) is 2.24. The Kier molecular flexibility index (Phi) is 4.34. The Bertz CT molecular complexity index is 763. The molecular formula is C17H16N2O3S. The van der Waals surface area contributed by atoms with E-state index in [0.717, 1.165) is 16.3 Å². The predicted octanol–water partition coefficient (Wildman–Crippen LogP) is 2.55. The third kappa shape index (κ3) is 2.82. The highest BCUT2D eigenvalue weighted by Crippen LogP contribution is 2.34. The zero-order valence-electron chi connectivity index (χ0n) is 12.9. The van der Waals surface area contributed by atoms with Gasteiger partial charge in [-0.1, -0.05) is 18.2 Å². The topological polar surface area (TPSA) is 59.5 Å². The van der Waals surface area contributed by atoms with Crippen LogP contribution in [0.25, 0.3) is 0 Å². The van der Waals surface area contributed by atoms with Crippen molar-refractivity contribution in [2.45, 2.75) is 17.5 Å². The molecule has 0 radical (unpaired) electrons. The molecule has 1 aliphatic heterocycles. The number of esters is 1. The average molecular weight is 328 g/mol. The molecule has 1 atom stereocenters. The molecule has 0 unspecified atom stereocenters. The zero-order chi connectivity index (χ0) is 16.4. The molecule has 0 saturated carbocycles. The molecular weight excluding hydrogens is 312 g/mol. The fourth-order valence-corrected chi connectivity index (χ4v) is 3.17. The summed E-state index contributed by atoms with van der Waals surface area (Å²) in [5, 5.41) is 0.762. The fourth-order valence-electron chi connectivity index (χ4n) is 2.75. The Morgan fingerprint density at radius 3 is 2.83 bits per heavy atom. The van der Waals surface area contributed by atoms with Crippen LogP contribution in [0.2, 0.25) is 0 Å². The van der Waals surface area contributed by atoms with Crippen molar-refractivity contribution < 1.29 is 14.3 Å². The van der Waals surface area contributed by atoms with E-state index in [0.29, 0.717) is 12.0 Å². The molecule has 0 bridgehead atoms. The Morgan fingerprint density at radius 2 is 2.09 bits per heavy atom. The molecule has 118 valence electrons. The summed E-state index contributed by atoms with van der Waals surface area (Å²) in [6, 6.07) is 10.3. The van der Waals surface area contributed by atoms with E-state index in [1.165, 1.54) is 23.8 Å². The number of fused-ring (bicyclic) bond motifs is 1. The van der Waals surface area contributed by atoms with Crippen molar-refractivity contribution in [3.8, 4) is 0 Å². The van der Waals surface area contributed by atoms with Crippen molar-refractivity contribution in [3.05, 3.63) is 53.7 Å². The lowest BCUT2D eigenvalue weighted by Gasteiger charge is -2.23. The number of pyridine rings is 1. The number of anilines is 1. The molecule has 0 N–H and O–H groups in total. The molecule has 23 heavy (non-hydrogen) atoms. The lowest BCUT2D eigenvalue weighted by molar-refractivity contribution is -0.141. The maximum absolute atomic E-state index is 13.0. The van der Waals surface area contributed by atoms with E-state index in [4.69, 9.17) is 4.74 Å². The lowest BCUT2D eigenvalue weighted by Crippen LogP contribution is -2.43. The quantitative estimate of drug-likeness (QED) is 0.640. The molecule has 1 aromatic heterocycles. The number of nitrogens with zero attached hydrogens (tertiary/aromatic N) is 2. The Hall–Kier alpha value is -2.34. The van der Waals surface area contributed by atoms with Gasteiger partial charge in [-0.3, -0.25) is 9.69 Å². The second-order valence-corrected chi connectivity index (χ2v) is 5.96. The van der Waals surface area contributed by atoms with Gasteiger partial charge in [0.2, 0.25) is 0 Å². The minimum atomic E-state index is -0.629. The Balaban J connectivity index is 2.02. The summed E-state index contributed by atoms with van der Waals surface area (Å²) in [7, 11) is 1.34. The van der Waals surface area contributed by atoms with Crippen LogP contribution in [0, 0.1) is 0 Å². The van der Waals surface area contributed by atoms with Gasteiger partial charge < -0.3 is 4.74 Å². The van der Waals surface area contributed by atoms with E-state index < -0.39 is 12.0 Å². The molecule has 1 amide bonds. The second kappa shape index (κ2) is 6.42. The van der Waals surface area contributed by atoms with E-state index in [1.807, 2.05) is 30.5 Å². The number of carbonyl (C=O) groups is 2. The van der Waals surface area contributed by atoms with Crippen LogP contribution in [0.5, 0.6) is 0 Å². The number of amides is 1. The third-order valence-electron chi connectivity index (χ3n) is 3.86. The van der Waals surface area contributed by atoms with Gasteiger partial charge in [-0.2, -0.15) is 0 Å². The van der Waals surface area contributed by atoms with Crippen LogP contribution in [-0.4, -0.2) is 36.3 Å². The number of rotatable bonds is 3. The van der Waals surface area contributed by atoms with Gasteiger partial charge in [-0.05, 0) is 30.0 Å². The highest BCUT2D eigenvalue weighted by atomic mass is 32.2. The number of ether oxygens (including phenoxy) is 1. The Labute approximate surface area is 138 Å². The highest BCUT2D eigenvalue weighted by molar-refractivity contribution is 7.98. The number of para-hydroxylation sites is 1. The van der Waals surface area contributed by atoms with Gasteiger partial charge in [0.05, 0.1) is 12.1 Å². The number of methoxy groups -OCH3 is 1. The number of aromatic nitrogens is 1. The van der Waals surface area contributed by atoms with Gasteiger partial charge in [0, 0.05) is 23.9 Å². The molecule has 3 rings (SSSR count). The monoisotopic (exact) mass is 328 g/mol. The molecule has 0 saturated heterocycles. The third-order valence-corrected chi connectivity index (χ3v) is 4.50. The molecule has 0 aliphatic carbocycles. The van der Waals surface area contributed by atoms with Gasteiger partial charge in [-0.15, -0.1) is 11.8 Å². The van der Waals surface area contributed by atoms with Crippen LogP contribution in [0.3, 0.4) is 0 Å². The average Bonchev–Trinajstić information content (AvgIpc) is 2.99. The first-order chi connectivity index (χ1) is 11.2. The van der Waals surface area contributed by atoms with Crippen molar-refractivity contribution in [3.63, 3.8) is 0 Å². The van der Waals surface area contributed by atoms with Gasteiger partial charge in [0.25, 0.3) is 5.91 Å². The number of benzene rings is 1. The van der Waals surface area contributed by atoms with Crippen LogP contribution in [0.1, 0.15) is 15.9 Å². The van der Waals surface area contributed by atoms with Crippen LogP contribution in [0.15, 0.2) is 47.6 Å². The van der Waals surface area contributed by atoms with Gasteiger partial charge in [-0.25, -0.2) is 9.78 Å². The zero-order valence-corrected chi connectivity index (χ0v) is 13.7. The standard InChI is InChI=1S/C17H16N2O3S/c1-22-17(21)14-9-11-5-3-4-6-13(11)19(14)16(20)12-7-8-18-15(10-12)23-2/h3-8,10,14H,9H2,1-2H3/t14-/m1/s1. The molecule has 2 aromatic rings. The van der Waals surface area contributed by atoms with Crippen molar-refractivity contribution in [1.29, 1.82) is 0 Å². The first-order valence-electron chi connectivity index (χ1n) is 7.15. The summed E-state index contributed by atoms with van der Waals surface area (Å²) in [5.74, 6) is -0.628. The van der Waals surface area contributed by atoms with Crippen LogP contribution >= 0.6 is 11.8 Å². The normalized spacial score (nSPS) is 16.1. The van der Waals surface area contributed by atoms with E-state index in [2.05, 4.69) is 4.98 Å². The molecule has 6 heteroatoms. The molecule has 2 heterocycles. The van der Waals surface area contributed by atoms with Gasteiger partial charge >= 0.3 is 5.97 Å². The smallest absolute Gasteiger partial charge is 0.329 e. The van der Waals surface area contributed by atoms with E-state index in [1.54, 1.807) is 18.3 Å². The minimum Gasteiger partial charge on any atom is -0.467 e.